The van der Waals surface area contributed by atoms with E-state index in [1.807, 2.05) is 35.7 Å². The van der Waals surface area contributed by atoms with Crippen LogP contribution in [0.25, 0.3) is 0 Å². The molecule has 0 bridgehead atoms. The van der Waals surface area contributed by atoms with E-state index >= 15 is 0 Å². The first-order chi connectivity index (χ1) is 7.74. The molecule has 1 atom stereocenters. The van der Waals surface area contributed by atoms with Crippen LogP contribution < -0.4 is 17.0 Å². The molecule has 0 radical (unpaired) electrons. The van der Waals surface area contributed by atoms with Crippen LogP contribution in [0.1, 0.15) is 16.5 Å². The minimum atomic E-state index is -0.0735. The third-order valence-corrected chi connectivity index (χ3v) is 4.32. The van der Waals surface area contributed by atoms with E-state index in [0.29, 0.717) is 0 Å². The maximum absolute atomic E-state index is 5.95. The lowest BCUT2D eigenvalue weighted by Crippen LogP contribution is -2.29. The number of hydrogen-bond acceptors (Lipinski definition) is 4. The molecule has 16 heavy (non-hydrogen) atoms. The van der Waals surface area contributed by atoms with Crippen molar-refractivity contribution >= 4 is 33.0 Å². The predicted octanol–water partition coefficient (Wildman–Crippen LogP) is 2.65. The van der Waals surface area contributed by atoms with E-state index in [4.69, 9.17) is 11.6 Å². The molecule has 5 N–H and O–H groups in total. The molecule has 1 heterocycles. The van der Waals surface area contributed by atoms with Gasteiger partial charge < -0.3 is 5.73 Å². The normalized spacial score (nSPS) is 12.6. The molecular formula is C11H12BrN3S. The molecule has 1 unspecified atom stereocenters. The van der Waals surface area contributed by atoms with Gasteiger partial charge in [0.2, 0.25) is 0 Å². The minimum Gasteiger partial charge on any atom is -0.398 e. The molecule has 2 rings (SSSR count). The monoisotopic (exact) mass is 297 g/mol. The Labute approximate surface area is 107 Å². The SMILES string of the molecule is NNC(c1ccccc1N)c1sccc1Br. The second-order valence-corrected chi connectivity index (χ2v) is 5.16. The number of nitrogen functional groups attached to an aromatic ring is 1. The zero-order valence-electron chi connectivity index (χ0n) is 8.48. The maximum Gasteiger partial charge on any atom is 0.0833 e. The van der Waals surface area contributed by atoms with Gasteiger partial charge in [-0.05, 0) is 39.0 Å². The van der Waals surface area contributed by atoms with Gasteiger partial charge in [-0.2, -0.15) is 0 Å². The van der Waals surface area contributed by atoms with Gasteiger partial charge in [0.05, 0.1) is 6.04 Å². The summed E-state index contributed by atoms with van der Waals surface area (Å²) in [6, 6.07) is 9.65. The molecule has 0 saturated heterocycles. The highest BCUT2D eigenvalue weighted by molar-refractivity contribution is 9.10. The second-order valence-electron chi connectivity index (χ2n) is 3.36. The maximum atomic E-state index is 5.95. The van der Waals surface area contributed by atoms with Crippen LogP contribution >= 0.6 is 27.3 Å². The van der Waals surface area contributed by atoms with Crippen molar-refractivity contribution in [2.24, 2.45) is 5.84 Å². The topological polar surface area (TPSA) is 64.1 Å². The Bertz CT molecular complexity index is 484. The van der Waals surface area contributed by atoms with Crippen molar-refractivity contribution in [3.8, 4) is 0 Å². The highest BCUT2D eigenvalue weighted by Gasteiger charge is 2.18. The van der Waals surface area contributed by atoms with Crippen molar-refractivity contribution in [3.63, 3.8) is 0 Å². The average Bonchev–Trinajstić information content (AvgIpc) is 2.69. The number of nitrogens with one attached hydrogen (secondary N) is 1. The van der Waals surface area contributed by atoms with Crippen molar-refractivity contribution in [2.75, 3.05) is 5.73 Å². The van der Waals surface area contributed by atoms with E-state index < -0.39 is 0 Å². The summed E-state index contributed by atoms with van der Waals surface area (Å²) in [5.74, 6) is 5.61. The van der Waals surface area contributed by atoms with Crippen LogP contribution in [-0.4, -0.2) is 0 Å². The number of nitrogens with two attached hydrogens (primary N) is 2. The summed E-state index contributed by atoms with van der Waals surface area (Å²) >= 11 is 5.14. The highest BCUT2D eigenvalue weighted by Crippen LogP contribution is 2.34. The lowest BCUT2D eigenvalue weighted by atomic mass is 10.0. The van der Waals surface area contributed by atoms with Crippen LogP contribution in [0.4, 0.5) is 5.69 Å². The van der Waals surface area contributed by atoms with Crippen LogP contribution in [0, 0.1) is 0 Å². The third-order valence-electron chi connectivity index (χ3n) is 2.38. The van der Waals surface area contributed by atoms with Crippen LogP contribution in [0.3, 0.4) is 0 Å². The van der Waals surface area contributed by atoms with Gasteiger partial charge in [0, 0.05) is 15.0 Å². The van der Waals surface area contributed by atoms with E-state index in [2.05, 4.69) is 21.4 Å². The Balaban J connectivity index is 2.45. The summed E-state index contributed by atoms with van der Waals surface area (Å²) < 4.78 is 1.05. The molecule has 84 valence electrons. The third kappa shape index (κ3) is 2.12. The highest BCUT2D eigenvalue weighted by atomic mass is 79.9. The van der Waals surface area contributed by atoms with E-state index in [1.54, 1.807) is 11.3 Å². The molecule has 0 aliphatic carbocycles. The molecule has 1 aromatic heterocycles. The zero-order valence-corrected chi connectivity index (χ0v) is 10.9. The molecule has 5 heteroatoms. The molecule has 0 saturated carbocycles. The standard InChI is InChI=1S/C11H12BrN3S/c12-8-5-6-16-11(8)10(15-14)7-3-1-2-4-9(7)13/h1-6,10,15H,13-14H2. The smallest absolute Gasteiger partial charge is 0.0833 e. The summed E-state index contributed by atoms with van der Waals surface area (Å²) in [4.78, 5) is 1.13. The fraction of sp³-hybridized carbons (Fsp3) is 0.0909. The predicted molar refractivity (Wildman–Crippen MR) is 72.0 cm³/mol. The van der Waals surface area contributed by atoms with Gasteiger partial charge in [-0.1, -0.05) is 18.2 Å². The largest absolute Gasteiger partial charge is 0.398 e. The number of hydrazine groups is 1. The van der Waals surface area contributed by atoms with Gasteiger partial charge in [-0.3, -0.25) is 5.84 Å². The van der Waals surface area contributed by atoms with Gasteiger partial charge in [-0.25, -0.2) is 5.43 Å². The van der Waals surface area contributed by atoms with Gasteiger partial charge in [0.25, 0.3) is 0 Å². The van der Waals surface area contributed by atoms with Crippen molar-refractivity contribution in [1.29, 1.82) is 0 Å². The van der Waals surface area contributed by atoms with Gasteiger partial charge in [0.15, 0.2) is 0 Å². The van der Waals surface area contributed by atoms with Crippen molar-refractivity contribution in [3.05, 3.63) is 50.6 Å². The Morgan fingerprint density at radius 1 is 1.25 bits per heavy atom. The first kappa shape index (κ1) is 11.6. The van der Waals surface area contributed by atoms with E-state index in [9.17, 15) is 0 Å². The van der Waals surface area contributed by atoms with E-state index in [1.165, 1.54) is 0 Å². The Kier molecular flexibility index (Phi) is 3.60. The molecule has 0 amide bonds. The van der Waals surface area contributed by atoms with Crippen LogP contribution in [0.2, 0.25) is 0 Å². The fourth-order valence-corrected chi connectivity index (χ4v) is 3.27. The first-order valence-corrected chi connectivity index (χ1v) is 6.44. The number of para-hydroxylation sites is 1. The summed E-state index contributed by atoms with van der Waals surface area (Å²) in [5.41, 5.74) is 10.5. The van der Waals surface area contributed by atoms with Crippen molar-refractivity contribution < 1.29 is 0 Å². The van der Waals surface area contributed by atoms with Gasteiger partial charge >= 0.3 is 0 Å². The molecule has 0 aliphatic rings. The number of hydrogen-bond donors (Lipinski definition) is 3. The number of benzene rings is 1. The summed E-state index contributed by atoms with van der Waals surface area (Å²) in [6.45, 7) is 0. The molecule has 3 nitrogen and oxygen atoms in total. The van der Waals surface area contributed by atoms with Crippen LogP contribution in [0.5, 0.6) is 0 Å². The molecule has 0 spiro atoms. The van der Waals surface area contributed by atoms with E-state index in [-0.39, 0.29) is 6.04 Å². The number of halogens is 1. The fourth-order valence-electron chi connectivity index (χ4n) is 1.59. The van der Waals surface area contributed by atoms with Gasteiger partial charge in [-0.15, -0.1) is 11.3 Å². The number of rotatable bonds is 3. The molecule has 0 aliphatic heterocycles. The molecule has 2 aromatic rings. The zero-order chi connectivity index (χ0) is 11.5. The molecule has 1 aromatic carbocycles. The molecule has 0 fully saturated rings. The van der Waals surface area contributed by atoms with Crippen LogP contribution in [0.15, 0.2) is 40.2 Å². The Morgan fingerprint density at radius 2 is 2.00 bits per heavy atom. The minimum absolute atomic E-state index is 0.0735. The quantitative estimate of drug-likeness (QED) is 0.464. The van der Waals surface area contributed by atoms with Crippen molar-refractivity contribution in [2.45, 2.75) is 6.04 Å². The molecular weight excluding hydrogens is 286 g/mol. The lowest BCUT2D eigenvalue weighted by molar-refractivity contribution is 0.646. The summed E-state index contributed by atoms with van der Waals surface area (Å²) in [6.07, 6.45) is 0. The number of anilines is 1. The van der Waals surface area contributed by atoms with Crippen LogP contribution in [-0.2, 0) is 0 Å². The first-order valence-electron chi connectivity index (χ1n) is 4.77. The Hall–Kier alpha value is -0.880. The second kappa shape index (κ2) is 4.97. The van der Waals surface area contributed by atoms with E-state index in [0.717, 1.165) is 20.6 Å². The summed E-state index contributed by atoms with van der Waals surface area (Å²) in [5, 5.41) is 2.02. The van der Waals surface area contributed by atoms with Crippen molar-refractivity contribution in [1.82, 2.24) is 5.43 Å². The lowest BCUT2D eigenvalue weighted by Gasteiger charge is -2.17. The van der Waals surface area contributed by atoms with Gasteiger partial charge in [0.1, 0.15) is 0 Å². The Morgan fingerprint density at radius 3 is 2.56 bits per heavy atom. The number of thiophene rings is 1. The average molecular weight is 298 g/mol. The summed E-state index contributed by atoms with van der Waals surface area (Å²) in [7, 11) is 0.